The van der Waals surface area contributed by atoms with Crippen LogP contribution in [0.25, 0.3) is 12.2 Å². The van der Waals surface area contributed by atoms with Gasteiger partial charge in [0.05, 0.1) is 4.92 Å². The van der Waals surface area contributed by atoms with Gasteiger partial charge >= 0.3 is 5.69 Å². The van der Waals surface area contributed by atoms with Crippen molar-refractivity contribution in [1.82, 2.24) is 9.97 Å². The Morgan fingerprint density at radius 2 is 1.38 bits per heavy atom. The summed E-state index contributed by atoms with van der Waals surface area (Å²) in [4.78, 5) is 20.2. The van der Waals surface area contributed by atoms with Gasteiger partial charge in [0.2, 0.25) is 11.8 Å². The Morgan fingerprint density at radius 1 is 0.781 bits per heavy atom. The van der Waals surface area contributed by atoms with Gasteiger partial charge in [0.15, 0.2) is 0 Å². The van der Waals surface area contributed by atoms with Crippen LogP contribution in [-0.4, -0.2) is 20.0 Å². The molecule has 0 fully saturated rings. The highest BCUT2D eigenvalue weighted by Gasteiger charge is 2.24. The van der Waals surface area contributed by atoms with Crippen LogP contribution < -0.4 is 10.6 Å². The molecule has 0 atom stereocenters. The average Bonchev–Trinajstić information content (AvgIpc) is 2.79. The summed E-state index contributed by atoms with van der Waals surface area (Å²) < 4.78 is 0. The zero-order valence-corrected chi connectivity index (χ0v) is 16.8. The van der Waals surface area contributed by atoms with Crippen molar-refractivity contribution in [3.05, 3.63) is 106 Å². The van der Waals surface area contributed by atoms with Crippen LogP contribution in [0.3, 0.4) is 0 Å². The van der Waals surface area contributed by atoms with Gasteiger partial charge in [-0.15, -0.1) is 0 Å². The number of hydrogen-bond acceptors (Lipinski definition) is 7. The molecular weight excluding hydrogens is 406 g/mol. The molecule has 4 rings (SSSR count). The highest BCUT2D eigenvalue weighted by Crippen LogP contribution is 2.32. The molecular formula is C24H19N5O3. The SMILES string of the molecule is O=[N+]([O-])c1c(/C=C/c2ccccc2O)nc(Nc2ccccc2)nc1Nc1ccccc1. The minimum atomic E-state index is -0.526. The van der Waals surface area contributed by atoms with Gasteiger partial charge in [-0.3, -0.25) is 10.1 Å². The third-order valence-corrected chi connectivity index (χ3v) is 4.52. The molecule has 1 heterocycles. The second kappa shape index (κ2) is 9.40. The second-order valence-corrected chi connectivity index (χ2v) is 6.76. The first kappa shape index (κ1) is 20.5. The standard InChI is InChI=1S/C24H19N5O3/c30-21-14-8-7-9-17(21)15-16-20-22(29(31)32)23(25-18-10-3-1-4-11-18)28-24(27-20)26-19-12-5-2-6-13-19/h1-16,30H,(H2,25,26,27,28)/b16-15+. The van der Waals surface area contributed by atoms with Crippen LogP contribution in [0.2, 0.25) is 0 Å². The largest absolute Gasteiger partial charge is 0.507 e. The van der Waals surface area contributed by atoms with Crippen molar-refractivity contribution in [1.29, 1.82) is 0 Å². The van der Waals surface area contributed by atoms with Crippen molar-refractivity contribution in [2.45, 2.75) is 0 Å². The smallest absolute Gasteiger partial charge is 0.337 e. The Hall–Kier alpha value is -4.72. The summed E-state index contributed by atoms with van der Waals surface area (Å²) in [7, 11) is 0. The van der Waals surface area contributed by atoms with E-state index < -0.39 is 4.92 Å². The van der Waals surface area contributed by atoms with Crippen molar-refractivity contribution >= 4 is 41.0 Å². The topological polar surface area (TPSA) is 113 Å². The summed E-state index contributed by atoms with van der Waals surface area (Å²) in [5.74, 6) is 0.300. The molecule has 0 radical (unpaired) electrons. The van der Waals surface area contributed by atoms with E-state index in [4.69, 9.17) is 0 Å². The van der Waals surface area contributed by atoms with E-state index >= 15 is 0 Å². The zero-order valence-electron chi connectivity index (χ0n) is 16.8. The molecule has 8 heteroatoms. The molecule has 1 aromatic heterocycles. The maximum absolute atomic E-state index is 12.0. The predicted molar refractivity (Wildman–Crippen MR) is 125 cm³/mol. The molecule has 0 bridgehead atoms. The molecule has 0 unspecified atom stereocenters. The monoisotopic (exact) mass is 425 g/mol. The van der Waals surface area contributed by atoms with Crippen LogP contribution >= 0.6 is 0 Å². The van der Waals surface area contributed by atoms with Crippen molar-refractivity contribution in [2.75, 3.05) is 10.6 Å². The van der Waals surface area contributed by atoms with E-state index in [2.05, 4.69) is 20.6 Å². The number of aromatic hydroxyl groups is 1. The number of phenolic OH excluding ortho intramolecular Hbond substituents is 1. The lowest BCUT2D eigenvalue weighted by Gasteiger charge is -2.11. The number of nitrogens with zero attached hydrogens (tertiary/aromatic N) is 3. The Kier molecular flexibility index (Phi) is 6.03. The molecule has 4 aromatic rings. The Morgan fingerprint density at radius 3 is 2.00 bits per heavy atom. The van der Waals surface area contributed by atoms with Gasteiger partial charge in [0.25, 0.3) is 0 Å². The lowest BCUT2D eigenvalue weighted by Crippen LogP contribution is -2.07. The van der Waals surface area contributed by atoms with Crippen LogP contribution in [0.1, 0.15) is 11.3 Å². The first-order valence-electron chi connectivity index (χ1n) is 9.77. The van der Waals surface area contributed by atoms with E-state index in [1.54, 1.807) is 42.5 Å². The predicted octanol–water partition coefficient (Wildman–Crippen LogP) is 5.75. The van der Waals surface area contributed by atoms with Gasteiger partial charge in [0, 0.05) is 16.9 Å². The minimum absolute atomic E-state index is 0.0477. The molecule has 3 aromatic carbocycles. The number of benzene rings is 3. The number of rotatable bonds is 7. The highest BCUT2D eigenvalue weighted by molar-refractivity contribution is 5.80. The molecule has 0 aliphatic rings. The molecule has 3 N–H and O–H groups in total. The molecule has 32 heavy (non-hydrogen) atoms. The zero-order chi connectivity index (χ0) is 22.3. The van der Waals surface area contributed by atoms with E-state index in [0.717, 1.165) is 5.69 Å². The number of anilines is 4. The van der Waals surface area contributed by atoms with Crippen molar-refractivity contribution in [3.63, 3.8) is 0 Å². The summed E-state index contributed by atoms with van der Waals surface area (Å²) >= 11 is 0. The normalized spacial score (nSPS) is 10.8. The van der Waals surface area contributed by atoms with Crippen LogP contribution in [0.15, 0.2) is 84.9 Å². The van der Waals surface area contributed by atoms with Crippen molar-refractivity contribution < 1.29 is 10.0 Å². The van der Waals surface area contributed by atoms with E-state index in [1.165, 1.54) is 6.08 Å². The van der Waals surface area contributed by atoms with E-state index in [9.17, 15) is 15.2 Å². The molecule has 0 amide bonds. The summed E-state index contributed by atoms with van der Waals surface area (Å²) in [6, 6.07) is 25.0. The molecule has 0 saturated carbocycles. The van der Waals surface area contributed by atoms with E-state index in [0.29, 0.717) is 11.3 Å². The van der Waals surface area contributed by atoms with Crippen LogP contribution in [0, 0.1) is 10.1 Å². The third kappa shape index (κ3) is 4.88. The number of nitro groups is 1. The summed E-state index contributed by atoms with van der Waals surface area (Å²) in [6.07, 6.45) is 3.06. The first-order chi connectivity index (χ1) is 15.6. The Bertz CT molecular complexity index is 1260. The minimum Gasteiger partial charge on any atom is -0.507 e. The van der Waals surface area contributed by atoms with Crippen molar-refractivity contribution in [2.24, 2.45) is 0 Å². The quantitative estimate of drug-likeness (QED) is 0.255. The number of para-hydroxylation sites is 3. The van der Waals surface area contributed by atoms with Gasteiger partial charge in [0.1, 0.15) is 11.4 Å². The average molecular weight is 425 g/mol. The Labute approximate surface area is 184 Å². The fourth-order valence-corrected chi connectivity index (χ4v) is 3.02. The molecule has 0 saturated heterocycles. The van der Waals surface area contributed by atoms with Crippen LogP contribution in [-0.2, 0) is 0 Å². The molecule has 0 aliphatic carbocycles. The summed E-state index contributed by atoms with van der Waals surface area (Å²) in [6.45, 7) is 0. The first-order valence-corrected chi connectivity index (χ1v) is 9.77. The second-order valence-electron chi connectivity index (χ2n) is 6.76. The third-order valence-electron chi connectivity index (χ3n) is 4.52. The molecule has 158 valence electrons. The maximum atomic E-state index is 12.0. The number of nitrogens with one attached hydrogen (secondary N) is 2. The fraction of sp³-hybridized carbons (Fsp3) is 0. The highest BCUT2D eigenvalue weighted by atomic mass is 16.6. The Balaban J connectivity index is 1.81. The maximum Gasteiger partial charge on any atom is 0.337 e. The summed E-state index contributed by atoms with van der Waals surface area (Å²) in [5, 5.41) is 28.1. The van der Waals surface area contributed by atoms with Crippen LogP contribution in [0.4, 0.5) is 28.8 Å². The van der Waals surface area contributed by atoms with E-state index in [-0.39, 0.29) is 28.9 Å². The molecule has 0 aliphatic heterocycles. The van der Waals surface area contributed by atoms with Crippen molar-refractivity contribution in [3.8, 4) is 5.75 Å². The number of hydrogen-bond donors (Lipinski definition) is 3. The molecule has 0 spiro atoms. The van der Waals surface area contributed by atoms with Gasteiger partial charge in [-0.2, -0.15) is 4.98 Å². The molecule has 8 nitrogen and oxygen atoms in total. The van der Waals surface area contributed by atoms with Crippen LogP contribution in [0.5, 0.6) is 5.75 Å². The summed E-state index contributed by atoms with van der Waals surface area (Å²) in [5.41, 5.74) is 1.71. The lowest BCUT2D eigenvalue weighted by atomic mass is 10.1. The van der Waals surface area contributed by atoms with Gasteiger partial charge < -0.3 is 15.7 Å². The fourth-order valence-electron chi connectivity index (χ4n) is 3.02. The van der Waals surface area contributed by atoms with E-state index in [1.807, 2.05) is 48.5 Å². The lowest BCUT2D eigenvalue weighted by molar-refractivity contribution is -0.384. The number of aromatic nitrogens is 2. The van der Waals surface area contributed by atoms with Gasteiger partial charge in [-0.25, -0.2) is 4.98 Å². The van der Waals surface area contributed by atoms with Gasteiger partial charge in [-0.1, -0.05) is 54.6 Å². The number of phenols is 1. The van der Waals surface area contributed by atoms with Gasteiger partial charge in [-0.05, 0) is 42.5 Å².